The molecule has 2 N–H and O–H groups in total. The van der Waals surface area contributed by atoms with Gasteiger partial charge in [0.2, 0.25) is 0 Å². The van der Waals surface area contributed by atoms with Crippen molar-refractivity contribution < 1.29 is 0 Å². The highest BCUT2D eigenvalue weighted by molar-refractivity contribution is 5.06. The zero-order valence-electron chi connectivity index (χ0n) is 10.6. The fourth-order valence-electron chi connectivity index (χ4n) is 3.14. The molecule has 1 aliphatic rings. The lowest BCUT2D eigenvalue weighted by atomic mass is 9.93. The molecule has 1 aromatic rings. The average molecular weight is 221 g/mol. The molecule has 0 aromatic carbocycles. The Morgan fingerprint density at radius 2 is 2.31 bits per heavy atom. The lowest BCUT2D eigenvalue weighted by molar-refractivity contribution is 0.322. The molecule has 0 spiro atoms. The number of hydrogen-bond acceptors (Lipinski definition) is 2. The molecule has 1 heterocycles. The van der Waals surface area contributed by atoms with Crippen molar-refractivity contribution in [3.63, 3.8) is 0 Å². The number of hydrogen-bond donors (Lipinski definition) is 1. The van der Waals surface area contributed by atoms with Gasteiger partial charge in [-0.1, -0.05) is 20.3 Å². The predicted octanol–water partition coefficient (Wildman–Crippen LogP) is 2.90. The van der Waals surface area contributed by atoms with Crippen LogP contribution in [0, 0.1) is 11.8 Å². The largest absolute Gasteiger partial charge is 0.330 e. The van der Waals surface area contributed by atoms with E-state index in [-0.39, 0.29) is 6.04 Å². The summed E-state index contributed by atoms with van der Waals surface area (Å²) in [6.07, 6.45) is 7.78. The first-order valence-corrected chi connectivity index (χ1v) is 6.42. The first-order valence-electron chi connectivity index (χ1n) is 6.42. The molecule has 90 valence electrons. The van der Waals surface area contributed by atoms with Gasteiger partial charge in [0.15, 0.2) is 0 Å². The molecule has 16 heavy (non-hydrogen) atoms. The molecule has 1 saturated carbocycles. The smallest absolute Gasteiger partial charge is 0.0951 e. The van der Waals surface area contributed by atoms with E-state index >= 15 is 0 Å². The molecule has 4 unspecified atom stereocenters. The van der Waals surface area contributed by atoms with Gasteiger partial charge in [0.25, 0.3) is 0 Å². The van der Waals surface area contributed by atoms with Crippen molar-refractivity contribution in [2.45, 2.75) is 52.1 Å². The van der Waals surface area contributed by atoms with Gasteiger partial charge in [-0.2, -0.15) is 0 Å². The van der Waals surface area contributed by atoms with E-state index in [1.165, 1.54) is 25.0 Å². The number of nitrogens with two attached hydrogens (primary N) is 1. The highest BCUT2D eigenvalue weighted by Gasteiger charge is 2.33. The second kappa shape index (κ2) is 4.58. The second-order valence-corrected chi connectivity index (χ2v) is 5.19. The highest BCUT2D eigenvalue weighted by atomic mass is 15.1. The Hall–Kier alpha value is -0.830. The molecular weight excluding hydrogens is 198 g/mol. The molecular formula is C13H23N3. The second-order valence-electron chi connectivity index (χ2n) is 5.19. The van der Waals surface area contributed by atoms with Crippen LogP contribution < -0.4 is 5.73 Å². The van der Waals surface area contributed by atoms with E-state index < -0.39 is 0 Å². The molecule has 0 radical (unpaired) electrons. The van der Waals surface area contributed by atoms with E-state index in [4.69, 9.17) is 5.73 Å². The van der Waals surface area contributed by atoms with Gasteiger partial charge in [0.05, 0.1) is 12.0 Å². The van der Waals surface area contributed by atoms with E-state index in [9.17, 15) is 0 Å². The Morgan fingerprint density at radius 3 is 2.88 bits per heavy atom. The van der Waals surface area contributed by atoms with Crippen molar-refractivity contribution in [3.05, 3.63) is 18.2 Å². The van der Waals surface area contributed by atoms with Crippen LogP contribution in [-0.4, -0.2) is 9.55 Å². The summed E-state index contributed by atoms with van der Waals surface area (Å²) in [4.78, 5) is 4.26. The van der Waals surface area contributed by atoms with Crippen LogP contribution in [0.2, 0.25) is 0 Å². The van der Waals surface area contributed by atoms with Crippen molar-refractivity contribution in [2.24, 2.45) is 17.6 Å². The van der Waals surface area contributed by atoms with E-state index in [0.29, 0.717) is 6.04 Å². The predicted molar refractivity (Wildman–Crippen MR) is 66.0 cm³/mol. The van der Waals surface area contributed by atoms with Gasteiger partial charge < -0.3 is 10.3 Å². The van der Waals surface area contributed by atoms with Crippen LogP contribution in [0.1, 0.15) is 57.8 Å². The third-order valence-corrected chi connectivity index (χ3v) is 4.23. The molecule has 1 aliphatic carbocycles. The molecule has 3 nitrogen and oxygen atoms in total. The van der Waals surface area contributed by atoms with Crippen LogP contribution in [0.4, 0.5) is 0 Å². The van der Waals surface area contributed by atoms with Crippen molar-refractivity contribution in [3.8, 4) is 0 Å². The van der Waals surface area contributed by atoms with E-state index in [1.54, 1.807) is 0 Å². The fourth-order valence-corrected chi connectivity index (χ4v) is 3.14. The first-order chi connectivity index (χ1) is 7.65. The maximum atomic E-state index is 5.98. The summed E-state index contributed by atoms with van der Waals surface area (Å²) in [7, 11) is 0. The summed E-state index contributed by atoms with van der Waals surface area (Å²) in [5.41, 5.74) is 7.15. The van der Waals surface area contributed by atoms with E-state index in [2.05, 4.69) is 23.4 Å². The molecule has 0 saturated heterocycles. The zero-order valence-corrected chi connectivity index (χ0v) is 10.6. The molecule has 2 rings (SSSR count). The van der Waals surface area contributed by atoms with Gasteiger partial charge in [-0.3, -0.25) is 0 Å². The zero-order chi connectivity index (χ0) is 11.7. The van der Waals surface area contributed by atoms with Crippen LogP contribution in [0.25, 0.3) is 0 Å². The number of rotatable bonds is 3. The molecule has 0 bridgehead atoms. The summed E-state index contributed by atoms with van der Waals surface area (Å²) >= 11 is 0. The average Bonchev–Trinajstić information content (AvgIpc) is 2.83. The molecule has 0 aliphatic heterocycles. The monoisotopic (exact) mass is 221 g/mol. The van der Waals surface area contributed by atoms with Crippen LogP contribution >= 0.6 is 0 Å². The van der Waals surface area contributed by atoms with Crippen molar-refractivity contribution in [1.82, 2.24) is 9.55 Å². The maximum Gasteiger partial charge on any atom is 0.0951 e. The number of imidazole rings is 1. The van der Waals surface area contributed by atoms with Gasteiger partial charge in [-0.05, 0) is 31.6 Å². The Labute approximate surface area is 98.1 Å². The van der Waals surface area contributed by atoms with Crippen LogP contribution in [0.5, 0.6) is 0 Å². The number of aromatic nitrogens is 2. The maximum absolute atomic E-state index is 5.98. The molecule has 3 heteroatoms. The Bertz CT molecular complexity index is 343. The van der Waals surface area contributed by atoms with Crippen molar-refractivity contribution >= 4 is 0 Å². The van der Waals surface area contributed by atoms with E-state index in [0.717, 1.165) is 11.8 Å². The molecule has 1 aromatic heterocycles. The van der Waals surface area contributed by atoms with Crippen molar-refractivity contribution in [2.75, 3.05) is 0 Å². The van der Waals surface area contributed by atoms with E-state index in [1.807, 2.05) is 19.4 Å². The van der Waals surface area contributed by atoms with Gasteiger partial charge in [0, 0.05) is 18.3 Å². The topological polar surface area (TPSA) is 43.8 Å². The van der Waals surface area contributed by atoms with Crippen molar-refractivity contribution in [1.29, 1.82) is 0 Å². The Balaban J connectivity index is 2.22. The minimum Gasteiger partial charge on any atom is -0.330 e. The third-order valence-electron chi connectivity index (χ3n) is 4.23. The third kappa shape index (κ3) is 1.88. The quantitative estimate of drug-likeness (QED) is 0.853. The minimum absolute atomic E-state index is 0.0791. The summed E-state index contributed by atoms with van der Waals surface area (Å²) < 4.78 is 2.31. The van der Waals surface area contributed by atoms with Crippen LogP contribution in [0.15, 0.2) is 12.5 Å². The van der Waals surface area contributed by atoms with Crippen LogP contribution in [-0.2, 0) is 0 Å². The lowest BCUT2D eigenvalue weighted by Gasteiger charge is -2.24. The Kier molecular flexibility index (Phi) is 3.33. The standard InChI is InChI=1S/C13H23N3/c1-4-11-5-6-12(9(11)2)16-8-15-7-13(16)10(3)14/h7-12H,4-6,14H2,1-3H3. The fraction of sp³-hybridized carbons (Fsp3) is 0.769. The van der Waals surface area contributed by atoms with Gasteiger partial charge in [-0.25, -0.2) is 4.98 Å². The summed E-state index contributed by atoms with van der Waals surface area (Å²) in [5, 5.41) is 0. The van der Waals surface area contributed by atoms with Gasteiger partial charge in [0.1, 0.15) is 0 Å². The summed E-state index contributed by atoms with van der Waals surface area (Å²) in [5.74, 6) is 1.62. The molecule has 4 atom stereocenters. The lowest BCUT2D eigenvalue weighted by Crippen LogP contribution is -2.20. The normalized spacial score (nSPS) is 31.9. The molecule has 0 amide bonds. The first kappa shape index (κ1) is 11.6. The van der Waals surface area contributed by atoms with Gasteiger partial charge in [-0.15, -0.1) is 0 Å². The minimum atomic E-state index is 0.0791. The van der Waals surface area contributed by atoms with Gasteiger partial charge >= 0.3 is 0 Å². The summed E-state index contributed by atoms with van der Waals surface area (Å²) in [6, 6.07) is 0.684. The van der Waals surface area contributed by atoms with Crippen LogP contribution in [0.3, 0.4) is 0 Å². The SMILES string of the molecule is CCC1CCC(n2cncc2C(C)N)C1C. The highest BCUT2D eigenvalue weighted by Crippen LogP contribution is 2.42. The Morgan fingerprint density at radius 1 is 1.56 bits per heavy atom. The number of nitrogens with zero attached hydrogens (tertiary/aromatic N) is 2. The summed E-state index contributed by atoms with van der Waals surface area (Å²) in [6.45, 7) is 6.70. The molecule has 1 fully saturated rings.